The van der Waals surface area contributed by atoms with Crippen LogP contribution in [0.5, 0.6) is 5.88 Å². The fourth-order valence-electron chi connectivity index (χ4n) is 2.07. The Morgan fingerprint density at radius 1 is 0.818 bits per heavy atom. The molecular weight excluding hydrogens is 288 g/mol. The Balaban J connectivity index is 2.10. The van der Waals surface area contributed by atoms with Crippen molar-refractivity contribution in [2.24, 2.45) is 0 Å². The quantitative estimate of drug-likeness (QED) is 0.735. The minimum atomic E-state index is -2.93. The van der Waals surface area contributed by atoms with Crippen LogP contribution in [0.25, 0.3) is 22.3 Å². The lowest BCUT2D eigenvalue weighted by molar-refractivity contribution is -0.0524. The van der Waals surface area contributed by atoms with Gasteiger partial charge in [0.1, 0.15) is 0 Å². The third-order valence-electron chi connectivity index (χ3n) is 3.06. The van der Waals surface area contributed by atoms with Gasteiger partial charge in [-0.3, -0.25) is 9.97 Å². The van der Waals surface area contributed by atoms with Crippen LogP contribution in [0.3, 0.4) is 0 Å². The molecule has 0 saturated carbocycles. The minimum absolute atomic E-state index is 0.112. The summed E-state index contributed by atoms with van der Waals surface area (Å²) in [5.41, 5.74) is 2.86. The van der Waals surface area contributed by atoms with Gasteiger partial charge < -0.3 is 4.74 Å². The first kappa shape index (κ1) is 14.1. The van der Waals surface area contributed by atoms with Crippen LogP contribution in [-0.2, 0) is 0 Å². The molecule has 4 nitrogen and oxygen atoms in total. The molecule has 0 aliphatic rings. The normalized spacial score (nSPS) is 10.7. The molecule has 0 N–H and O–H groups in total. The Morgan fingerprint density at radius 3 is 2.00 bits per heavy atom. The summed E-state index contributed by atoms with van der Waals surface area (Å²) in [5.74, 6) is -0.112. The highest BCUT2D eigenvalue weighted by molar-refractivity contribution is 5.75. The summed E-state index contributed by atoms with van der Waals surface area (Å²) in [6.07, 6.45) is 7.98. The average Bonchev–Trinajstić information content (AvgIpc) is 2.56. The first-order valence-electron chi connectivity index (χ1n) is 6.49. The van der Waals surface area contributed by atoms with Crippen LogP contribution < -0.4 is 4.74 Å². The van der Waals surface area contributed by atoms with Gasteiger partial charge in [0.2, 0.25) is 5.88 Å². The predicted molar refractivity (Wildman–Crippen MR) is 77.3 cm³/mol. The molecule has 0 bridgehead atoms. The van der Waals surface area contributed by atoms with E-state index >= 15 is 0 Å². The maximum absolute atomic E-state index is 12.6. The van der Waals surface area contributed by atoms with Gasteiger partial charge in [-0.15, -0.1) is 0 Å². The lowest BCUT2D eigenvalue weighted by atomic mass is 10.0. The van der Waals surface area contributed by atoms with Crippen molar-refractivity contribution < 1.29 is 13.5 Å². The van der Waals surface area contributed by atoms with Crippen molar-refractivity contribution in [3.05, 3.63) is 61.3 Å². The van der Waals surface area contributed by atoms with Crippen molar-refractivity contribution in [1.82, 2.24) is 15.0 Å². The molecule has 0 aromatic carbocycles. The molecule has 0 radical (unpaired) electrons. The number of aromatic nitrogens is 3. The highest BCUT2D eigenvalue weighted by Gasteiger charge is 2.14. The second kappa shape index (κ2) is 6.26. The van der Waals surface area contributed by atoms with Crippen LogP contribution in [0.4, 0.5) is 8.78 Å². The fourth-order valence-corrected chi connectivity index (χ4v) is 2.07. The predicted octanol–water partition coefficient (Wildman–Crippen LogP) is 3.81. The largest absolute Gasteiger partial charge is 0.416 e. The van der Waals surface area contributed by atoms with E-state index in [-0.39, 0.29) is 5.88 Å². The summed E-state index contributed by atoms with van der Waals surface area (Å²) in [6, 6.07) is 8.83. The highest BCUT2D eigenvalue weighted by Crippen LogP contribution is 2.32. The molecule has 22 heavy (non-hydrogen) atoms. The zero-order valence-corrected chi connectivity index (χ0v) is 11.4. The smallest absolute Gasteiger partial charge is 0.388 e. The number of hydrogen-bond donors (Lipinski definition) is 0. The van der Waals surface area contributed by atoms with Crippen molar-refractivity contribution in [2.45, 2.75) is 6.61 Å². The van der Waals surface area contributed by atoms with E-state index < -0.39 is 6.61 Å². The molecule has 3 rings (SSSR count). The van der Waals surface area contributed by atoms with E-state index in [0.29, 0.717) is 11.1 Å². The van der Waals surface area contributed by atoms with Gasteiger partial charge in [-0.05, 0) is 41.5 Å². The highest BCUT2D eigenvalue weighted by atomic mass is 19.3. The lowest BCUT2D eigenvalue weighted by Gasteiger charge is -2.11. The Kier molecular flexibility index (Phi) is 4.00. The molecule has 3 aromatic heterocycles. The molecular formula is C16H11F2N3O. The first-order chi connectivity index (χ1) is 10.7. The van der Waals surface area contributed by atoms with E-state index in [1.807, 2.05) is 12.1 Å². The lowest BCUT2D eigenvalue weighted by Crippen LogP contribution is -2.05. The van der Waals surface area contributed by atoms with Crippen molar-refractivity contribution in [2.75, 3.05) is 0 Å². The maximum Gasteiger partial charge on any atom is 0.388 e. The molecule has 0 aliphatic heterocycles. The van der Waals surface area contributed by atoms with E-state index in [2.05, 4.69) is 19.7 Å². The van der Waals surface area contributed by atoms with Crippen molar-refractivity contribution in [1.29, 1.82) is 0 Å². The fraction of sp³-hybridized carbons (Fsp3) is 0.0625. The molecule has 0 atom stereocenters. The molecule has 0 unspecified atom stereocenters. The topological polar surface area (TPSA) is 47.9 Å². The van der Waals surface area contributed by atoms with E-state index in [9.17, 15) is 8.78 Å². The second-order valence-electron chi connectivity index (χ2n) is 4.43. The summed E-state index contributed by atoms with van der Waals surface area (Å²) in [5, 5.41) is 0. The third-order valence-corrected chi connectivity index (χ3v) is 3.06. The van der Waals surface area contributed by atoms with Gasteiger partial charge in [0, 0.05) is 42.1 Å². The Bertz CT molecular complexity index is 752. The summed E-state index contributed by atoms with van der Waals surface area (Å²) in [7, 11) is 0. The van der Waals surface area contributed by atoms with Gasteiger partial charge in [0.15, 0.2) is 0 Å². The standard InChI is InChI=1S/C16H11F2N3O/c17-16(18)22-15-14(12-3-7-20-8-4-12)9-13(10-21-15)11-1-5-19-6-2-11/h1-10,16H. The van der Waals surface area contributed by atoms with Gasteiger partial charge in [0.05, 0.1) is 0 Å². The number of halogens is 2. The van der Waals surface area contributed by atoms with E-state index in [0.717, 1.165) is 11.1 Å². The van der Waals surface area contributed by atoms with Crippen LogP contribution in [0.15, 0.2) is 61.3 Å². The van der Waals surface area contributed by atoms with Crippen LogP contribution in [0.1, 0.15) is 0 Å². The zero-order valence-electron chi connectivity index (χ0n) is 11.4. The Labute approximate surface area is 125 Å². The second-order valence-corrected chi connectivity index (χ2v) is 4.43. The molecule has 0 aliphatic carbocycles. The van der Waals surface area contributed by atoms with Crippen LogP contribution >= 0.6 is 0 Å². The van der Waals surface area contributed by atoms with Crippen LogP contribution in [-0.4, -0.2) is 21.6 Å². The number of pyridine rings is 3. The first-order valence-corrected chi connectivity index (χ1v) is 6.49. The summed E-state index contributed by atoms with van der Waals surface area (Å²) < 4.78 is 29.6. The number of nitrogens with zero attached hydrogens (tertiary/aromatic N) is 3. The van der Waals surface area contributed by atoms with Gasteiger partial charge in [-0.25, -0.2) is 4.98 Å². The third kappa shape index (κ3) is 3.06. The summed E-state index contributed by atoms with van der Waals surface area (Å²) in [6.45, 7) is -2.93. The van der Waals surface area contributed by atoms with Crippen LogP contribution in [0, 0.1) is 0 Å². The number of alkyl halides is 2. The summed E-state index contributed by atoms with van der Waals surface area (Å²) >= 11 is 0. The molecule has 6 heteroatoms. The van der Waals surface area contributed by atoms with Gasteiger partial charge in [0.25, 0.3) is 0 Å². The van der Waals surface area contributed by atoms with Gasteiger partial charge in [-0.2, -0.15) is 8.78 Å². The van der Waals surface area contributed by atoms with E-state index in [1.54, 1.807) is 43.0 Å². The monoisotopic (exact) mass is 299 g/mol. The zero-order chi connectivity index (χ0) is 15.4. The van der Waals surface area contributed by atoms with Crippen molar-refractivity contribution in [3.63, 3.8) is 0 Å². The molecule has 0 saturated heterocycles. The summed E-state index contributed by atoms with van der Waals surface area (Å²) in [4.78, 5) is 11.9. The molecule has 3 aromatic rings. The SMILES string of the molecule is FC(F)Oc1ncc(-c2ccncc2)cc1-c1ccncc1. The van der Waals surface area contributed by atoms with E-state index in [1.165, 1.54) is 6.20 Å². The number of ether oxygens (including phenoxy) is 1. The maximum atomic E-state index is 12.6. The average molecular weight is 299 g/mol. The minimum Gasteiger partial charge on any atom is -0.416 e. The van der Waals surface area contributed by atoms with Crippen LogP contribution in [0.2, 0.25) is 0 Å². The molecule has 110 valence electrons. The Morgan fingerprint density at radius 2 is 1.41 bits per heavy atom. The molecule has 0 fully saturated rings. The molecule has 0 amide bonds. The number of rotatable bonds is 4. The number of hydrogen-bond acceptors (Lipinski definition) is 4. The van der Waals surface area contributed by atoms with Gasteiger partial charge in [-0.1, -0.05) is 0 Å². The molecule has 3 heterocycles. The van der Waals surface area contributed by atoms with Gasteiger partial charge >= 0.3 is 6.61 Å². The van der Waals surface area contributed by atoms with Crippen molar-refractivity contribution >= 4 is 0 Å². The van der Waals surface area contributed by atoms with E-state index in [4.69, 9.17) is 0 Å². The van der Waals surface area contributed by atoms with Crippen molar-refractivity contribution in [3.8, 4) is 28.1 Å². The Hall–Kier alpha value is -2.89. The molecule has 0 spiro atoms.